The van der Waals surface area contributed by atoms with E-state index in [0.717, 1.165) is 12.8 Å². The molecule has 1 nitrogen and oxygen atoms in total. The molecule has 0 aliphatic heterocycles. The quantitative estimate of drug-likeness (QED) is 0.757. The smallest absolute Gasteiger partial charge is 0.0462 e. The molecular weight excluding hydrogens is 184 g/mol. The number of hydrogen-bond donors (Lipinski definition) is 1. The van der Waals surface area contributed by atoms with Crippen LogP contribution in [0, 0.1) is 12.8 Å². The van der Waals surface area contributed by atoms with Crippen molar-refractivity contribution < 1.29 is 5.11 Å². The summed E-state index contributed by atoms with van der Waals surface area (Å²) in [7, 11) is 0. The SMILES string of the molecule is CCCCC(CO)Cc1ccccc1C. The van der Waals surface area contributed by atoms with Crippen LogP contribution in [0.2, 0.25) is 0 Å². The fourth-order valence-electron chi connectivity index (χ4n) is 1.90. The van der Waals surface area contributed by atoms with Crippen LogP contribution in [0.4, 0.5) is 0 Å². The molecule has 84 valence electrons. The van der Waals surface area contributed by atoms with Crippen LogP contribution in [0.25, 0.3) is 0 Å². The number of rotatable bonds is 6. The number of aryl methyl sites for hydroxylation is 1. The third-order valence-corrected chi connectivity index (χ3v) is 2.99. The van der Waals surface area contributed by atoms with Crippen molar-refractivity contribution in [3.8, 4) is 0 Å². The molecule has 1 atom stereocenters. The zero-order chi connectivity index (χ0) is 11.1. The average Bonchev–Trinajstić information content (AvgIpc) is 2.26. The van der Waals surface area contributed by atoms with E-state index in [1.54, 1.807) is 0 Å². The zero-order valence-corrected chi connectivity index (χ0v) is 9.87. The Bertz CT molecular complexity index is 280. The summed E-state index contributed by atoms with van der Waals surface area (Å²) in [6.07, 6.45) is 4.59. The fourth-order valence-corrected chi connectivity index (χ4v) is 1.90. The van der Waals surface area contributed by atoms with Crippen LogP contribution in [0.5, 0.6) is 0 Å². The van der Waals surface area contributed by atoms with Gasteiger partial charge in [-0.1, -0.05) is 44.0 Å². The van der Waals surface area contributed by atoms with E-state index >= 15 is 0 Å². The minimum absolute atomic E-state index is 0.314. The molecular formula is C14H22O. The van der Waals surface area contributed by atoms with Crippen LogP contribution >= 0.6 is 0 Å². The molecule has 1 aromatic carbocycles. The molecule has 1 unspecified atom stereocenters. The molecule has 1 aromatic rings. The molecule has 1 heteroatoms. The summed E-state index contributed by atoms with van der Waals surface area (Å²) < 4.78 is 0. The summed E-state index contributed by atoms with van der Waals surface area (Å²) in [5.74, 6) is 0.436. The Morgan fingerprint density at radius 1 is 1.27 bits per heavy atom. The van der Waals surface area contributed by atoms with Gasteiger partial charge in [0.1, 0.15) is 0 Å². The Hall–Kier alpha value is -0.820. The Balaban J connectivity index is 2.54. The van der Waals surface area contributed by atoms with Gasteiger partial charge in [-0.05, 0) is 36.8 Å². The maximum absolute atomic E-state index is 9.30. The first-order chi connectivity index (χ1) is 7.27. The maximum atomic E-state index is 9.30. The first-order valence-electron chi connectivity index (χ1n) is 5.93. The van der Waals surface area contributed by atoms with E-state index in [4.69, 9.17) is 0 Å². The van der Waals surface area contributed by atoms with Crippen molar-refractivity contribution in [2.24, 2.45) is 5.92 Å². The summed E-state index contributed by atoms with van der Waals surface area (Å²) in [5, 5.41) is 9.30. The number of aliphatic hydroxyl groups is 1. The molecule has 0 radical (unpaired) electrons. The van der Waals surface area contributed by atoms with E-state index < -0.39 is 0 Å². The van der Waals surface area contributed by atoms with Crippen molar-refractivity contribution in [1.29, 1.82) is 0 Å². The van der Waals surface area contributed by atoms with Gasteiger partial charge in [0.2, 0.25) is 0 Å². The minimum Gasteiger partial charge on any atom is -0.396 e. The van der Waals surface area contributed by atoms with Crippen molar-refractivity contribution in [1.82, 2.24) is 0 Å². The Kier molecular flexibility index (Phi) is 5.41. The molecule has 0 heterocycles. The van der Waals surface area contributed by atoms with E-state index in [2.05, 4.69) is 38.1 Å². The topological polar surface area (TPSA) is 20.2 Å². The second-order valence-electron chi connectivity index (χ2n) is 4.32. The van der Waals surface area contributed by atoms with Gasteiger partial charge in [-0.25, -0.2) is 0 Å². The van der Waals surface area contributed by atoms with Gasteiger partial charge in [0, 0.05) is 6.61 Å². The standard InChI is InChI=1S/C14H22O/c1-3-4-8-13(11-15)10-14-9-6-5-7-12(14)2/h5-7,9,13,15H,3-4,8,10-11H2,1-2H3. The summed E-state index contributed by atoms with van der Waals surface area (Å²) in [5.41, 5.74) is 2.72. The highest BCUT2D eigenvalue weighted by molar-refractivity contribution is 5.25. The van der Waals surface area contributed by atoms with Crippen molar-refractivity contribution >= 4 is 0 Å². The first kappa shape index (κ1) is 12.3. The minimum atomic E-state index is 0.314. The van der Waals surface area contributed by atoms with Crippen LogP contribution < -0.4 is 0 Å². The second kappa shape index (κ2) is 6.62. The lowest BCUT2D eigenvalue weighted by molar-refractivity contribution is 0.215. The van der Waals surface area contributed by atoms with E-state index in [1.807, 2.05) is 0 Å². The van der Waals surface area contributed by atoms with E-state index in [0.29, 0.717) is 12.5 Å². The number of hydrogen-bond acceptors (Lipinski definition) is 1. The largest absolute Gasteiger partial charge is 0.396 e. The van der Waals surface area contributed by atoms with Gasteiger partial charge in [-0.2, -0.15) is 0 Å². The molecule has 0 saturated heterocycles. The molecule has 1 N–H and O–H groups in total. The third-order valence-electron chi connectivity index (χ3n) is 2.99. The molecule has 0 saturated carbocycles. The molecule has 15 heavy (non-hydrogen) atoms. The predicted molar refractivity (Wildman–Crippen MR) is 65.0 cm³/mol. The normalized spacial score (nSPS) is 12.7. The summed E-state index contributed by atoms with van der Waals surface area (Å²) >= 11 is 0. The number of unbranched alkanes of at least 4 members (excludes halogenated alkanes) is 1. The lowest BCUT2D eigenvalue weighted by atomic mass is 9.93. The lowest BCUT2D eigenvalue weighted by Gasteiger charge is -2.15. The molecule has 0 spiro atoms. The molecule has 0 fully saturated rings. The van der Waals surface area contributed by atoms with Crippen molar-refractivity contribution in [2.45, 2.75) is 39.5 Å². The lowest BCUT2D eigenvalue weighted by Crippen LogP contribution is -2.10. The monoisotopic (exact) mass is 206 g/mol. The van der Waals surface area contributed by atoms with Crippen LogP contribution in [0.3, 0.4) is 0 Å². The summed E-state index contributed by atoms with van der Waals surface area (Å²) in [6, 6.07) is 8.46. The third kappa shape index (κ3) is 4.05. The number of aliphatic hydroxyl groups excluding tert-OH is 1. The van der Waals surface area contributed by atoms with E-state index in [9.17, 15) is 5.11 Å². The van der Waals surface area contributed by atoms with Gasteiger partial charge >= 0.3 is 0 Å². The van der Waals surface area contributed by atoms with Crippen molar-refractivity contribution in [3.05, 3.63) is 35.4 Å². The second-order valence-corrected chi connectivity index (χ2v) is 4.32. The van der Waals surface area contributed by atoms with Crippen molar-refractivity contribution in [2.75, 3.05) is 6.61 Å². The van der Waals surface area contributed by atoms with E-state index in [1.165, 1.54) is 24.0 Å². The van der Waals surface area contributed by atoms with Crippen molar-refractivity contribution in [3.63, 3.8) is 0 Å². The van der Waals surface area contributed by atoms with Crippen LogP contribution in [-0.2, 0) is 6.42 Å². The fraction of sp³-hybridized carbons (Fsp3) is 0.571. The average molecular weight is 206 g/mol. The first-order valence-corrected chi connectivity index (χ1v) is 5.93. The molecule has 0 bridgehead atoms. The Labute approximate surface area is 93.1 Å². The van der Waals surface area contributed by atoms with Crippen LogP contribution in [-0.4, -0.2) is 11.7 Å². The molecule has 1 rings (SSSR count). The van der Waals surface area contributed by atoms with Gasteiger partial charge in [0.05, 0.1) is 0 Å². The van der Waals surface area contributed by atoms with Gasteiger partial charge in [-0.3, -0.25) is 0 Å². The summed E-state index contributed by atoms with van der Waals surface area (Å²) in [4.78, 5) is 0. The molecule has 0 amide bonds. The molecule has 0 aromatic heterocycles. The van der Waals surface area contributed by atoms with Gasteiger partial charge in [-0.15, -0.1) is 0 Å². The highest BCUT2D eigenvalue weighted by Crippen LogP contribution is 2.17. The summed E-state index contributed by atoms with van der Waals surface area (Å²) in [6.45, 7) is 4.65. The maximum Gasteiger partial charge on any atom is 0.0462 e. The van der Waals surface area contributed by atoms with Crippen LogP contribution in [0.1, 0.15) is 37.3 Å². The zero-order valence-electron chi connectivity index (χ0n) is 9.87. The molecule has 0 aliphatic rings. The Morgan fingerprint density at radius 2 is 2.00 bits per heavy atom. The highest BCUT2D eigenvalue weighted by Gasteiger charge is 2.09. The predicted octanol–water partition coefficient (Wildman–Crippen LogP) is 3.34. The van der Waals surface area contributed by atoms with E-state index in [-0.39, 0.29) is 0 Å². The Morgan fingerprint density at radius 3 is 2.60 bits per heavy atom. The van der Waals surface area contributed by atoms with Gasteiger partial charge < -0.3 is 5.11 Å². The number of benzene rings is 1. The van der Waals surface area contributed by atoms with Crippen LogP contribution in [0.15, 0.2) is 24.3 Å². The van der Waals surface area contributed by atoms with Gasteiger partial charge in [0.15, 0.2) is 0 Å². The molecule has 0 aliphatic carbocycles. The van der Waals surface area contributed by atoms with Gasteiger partial charge in [0.25, 0.3) is 0 Å². The highest BCUT2D eigenvalue weighted by atomic mass is 16.3.